The number of aromatic nitrogens is 2. The number of halogens is 1. The molecule has 2 aromatic carbocycles. The summed E-state index contributed by atoms with van der Waals surface area (Å²) in [5.74, 6) is 1.14. The van der Waals surface area contributed by atoms with Crippen LogP contribution < -0.4 is 10.2 Å². The van der Waals surface area contributed by atoms with Gasteiger partial charge >= 0.3 is 0 Å². The van der Waals surface area contributed by atoms with Gasteiger partial charge in [0.05, 0.1) is 23.7 Å². The minimum atomic E-state index is 0.0435. The third-order valence-electron chi connectivity index (χ3n) is 7.08. The van der Waals surface area contributed by atoms with E-state index in [0.717, 1.165) is 72.2 Å². The number of hydrogen-bond acceptors (Lipinski definition) is 4. The zero-order valence-corrected chi connectivity index (χ0v) is 20.3. The van der Waals surface area contributed by atoms with Gasteiger partial charge in [-0.1, -0.05) is 11.6 Å². The van der Waals surface area contributed by atoms with Crippen LogP contribution in [-0.2, 0) is 9.53 Å². The normalized spacial score (nSPS) is 19.4. The molecule has 0 radical (unpaired) electrons. The van der Waals surface area contributed by atoms with Crippen molar-refractivity contribution in [3.63, 3.8) is 0 Å². The standard InChI is InChI=1S/C26H31ClN4O2/c1-16-13-23-24(14-17(16)2)31(21-4-5-22(27)18(3)12-21)26(29-23)30-9-6-19(7-10-30)25(32)28-20-8-11-33-15-20/h4-5,12-14,19-20H,6-11,15H2,1-3H3,(H,28,32). The number of anilines is 1. The highest BCUT2D eigenvalue weighted by Crippen LogP contribution is 2.32. The van der Waals surface area contributed by atoms with Crippen molar-refractivity contribution < 1.29 is 9.53 Å². The summed E-state index contributed by atoms with van der Waals surface area (Å²) in [6.45, 7) is 9.26. The summed E-state index contributed by atoms with van der Waals surface area (Å²) in [5.41, 5.74) is 6.65. The van der Waals surface area contributed by atoms with Gasteiger partial charge in [0.2, 0.25) is 11.9 Å². The number of ether oxygens (including phenoxy) is 1. The molecule has 2 saturated heterocycles. The molecule has 7 heteroatoms. The first-order valence-electron chi connectivity index (χ1n) is 11.8. The molecule has 3 aromatic rings. The lowest BCUT2D eigenvalue weighted by Gasteiger charge is -2.33. The summed E-state index contributed by atoms with van der Waals surface area (Å²) in [7, 11) is 0. The summed E-state index contributed by atoms with van der Waals surface area (Å²) < 4.78 is 7.63. The van der Waals surface area contributed by atoms with E-state index in [0.29, 0.717) is 6.61 Å². The molecule has 6 nitrogen and oxygen atoms in total. The molecule has 2 aliphatic rings. The summed E-state index contributed by atoms with van der Waals surface area (Å²) in [4.78, 5) is 20.1. The quantitative estimate of drug-likeness (QED) is 0.604. The van der Waals surface area contributed by atoms with E-state index in [-0.39, 0.29) is 17.9 Å². The van der Waals surface area contributed by atoms with Gasteiger partial charge in [0, 0.05) is 36.3 Å². The largest absolute Gasteiger partial charge is 0.379 e. The lowest BCUT2D eigenvalue weighted by Crippen LogP contribution is -2.44. The van der Waals surface area contributed by atoms with E-state index in [1.54, 1.807) is 0 Å². The second-order valence-corrected chi connectivity index (χ2v) is 9.84. The fraction of sp³-hybridized carbons (Fsp3) is 0.462. The molecule has 174 valence electrons. The lowest BCUT2D eigenvalue weighted by molar-refractivity contribution is -0.126. The highest BCUT2D eigenvalue weighted by atomic mass is 35.5. The highest BCUT2D eigenvalue weighted by Gasteiger charge is 2.30. The number of carbonyl (C=O) groups excluding carboxylic acids is 1. The van der Waals surface area contributed by atoms with Crippen LogP contribution in [0, 0.1) is 26.7 Å². The Morgan fingerprint density at radius 2 is 1.82 bits per heavy atom. The van der Waals surface area contributed by atoms with Gasteiger partial charge < -0.3 is 15.0 Å². The van der Waals surface area contributed by atoms with E-state index >= 15 is 0 Å². The highest BCUT2D eigenvalue weighted by molar-refractivity contribution is 6.31. The van der Waals surface area contributed by atoms with Gasteiger partial charge in [-0.15, -0.1) is 0 Å². The third kappa shape index (κ3) is 4.34. The molecule has 0 bridgehead atoms. The Hall–Kier alpha value is -2.57. The van der Waals surface area contributed by atoms with Crippen LogP contribution in [0.25, 0.3) is 16.7 Å². The molecule has 33 heavy (non-hydrogen) atoms. The second kappa shape index (κ2) is 8.99. The van der Waals surface area contributed by atoms with Gasteiger partial charge in [-0.25, -0.2) is 4.98 Å². The lowest BCUT2D eigenvalue weighted by atomic mass is 9.95. The molecule has 1 atom stereocenters. The van der Waals surface area contributed by atoms with E-state index in [2.05, 4.69) is 52.9 Å². The average molecular weight is 467 g/mol. The van der Waals surface area contributed by atoms with Crippen molar-refractivity contribution >= 4 is 34.5 Å². The summed E-state index contributed by atoms with van der Waals surface area (Å²) >= 11 is 6.32. The first-order valence-corrected chi connectivity index (χ1v) is 12.2. The third-order valence-corrected chi connectivity index (χ3v) is 7.50. The predicted molar refractivity (Wildman–Crippen MR) is 133 cm³/mol. The number of piperidine rings is 1. The molecule has 2 aliphatic heterocycles. The second-order valence-electron chi connectivity index (χ2n) is 9.44. The number of rotatable bonds is 4. The average Bonchev–Trinajstić information content (AvgIpc) is 3.44. The van der Waals surface area contributed by atoms with Crippen molar-refractivity contribution in [2.75, 3.05) is 31.2 Å². The first-order chi connectivity index (χ1) is 15.9. The van der Waals surface area contributed by atoms with Gasteiger partial charge in [0.1, 0.15) is 0 Å². The predicted octanol–water partition coefficient (Wildman–Crippen LogP) is 4.73. The summed E-state index contributed by atoms with van der Waals surface area (Å²) in [5, 5.41) is 3.93. The van der Waals surface area contributed by atoms with Crippen LogP contribution in [0.15, 0.2) is 30.3 Å². The molecule has 1 aromatic heterocycles. The van der Waals surface area contributed by atoms with Crippen molar-refractivity contribution in [3.8, 4) is 5.69 Å². The number of nitrogens with zero attached hydrogens (tertiary/aromatic N) is 3. The van der Waals surface area contributed by atoms with E-state index < -0.39 is 0 Å². The molecule has 5 rings (SSSR count). The fourth-order valence-electron chi connectivity index (χ4n) is 4.86. The molecule has 0 saturated carbocycles. The van der Waals surface area contributed by atoms with Crippen molar-refractivity contribution in [3.05, 3.63) is 52.0 Å². The Kier molecular flexibility index (Phi) is 6.06. The summed E-state index contributed by atoms with van der Waals surface area (Å²) in [6.07, 6.45) is 2.55. The van der Waals surface area contributed by atoms with Gasteiger partial charge in [-0.3, -0.25) is 9.36 Å². The Morgan fingerprint density at radius 1 is 1.06 bits per heavy atom. The van der Waals surface area contributed by atoms with Crippen LogP contribution in [0.3, 0.4) is 0 Å². The van der Waals surface area contributed by atoms with Crippen LogP contribution in [0.4, 0.5) is 5.95 Å². The van der Waals surface area contributed by atoms with E-state index in [4.69, 9.17) is 21.3 Å². The Bertz CT molecular complexity index is 1190. The number of aryl methyl sites for hydroxylation is 3. The number of nitrogens with one attached hydrogen (secondary N) is 1. The maximum atomic E-state index is 12.8. The van der Waals surface area contributed by atoms with Crippen molar-refractivity contribution in [1.29, 1.82) is 0 Å². The molecule has 2 fully saturated rings. The molecule has 0 spiro atoms. The molecule has 1 unspecified atom stereocenters. The number of fused-ring (bicyclic) bond motifs is 1. The van der Waals surface area contributed by atoms with E-state index in [1.165, 1.54) is 11.1 Å². The smallest absolute Gasteiger partial charge is 0.223 e. The number of amides is 1. The Morgan fingerprint density at radius 3 is 2.52 bits per heavy atom. The monoisotopic (exact) mass is 466 g/mol. The molecular formula is C26H31ClN4O2. The first kappa shape index (κ1) is 22.2. The number of imidazole rings is 1. The van der Waals surface area contributed by atoms with E-state index in [1.807, 2.05) is 13.0 Å². The molecule has 0 aliphatic carbocycles. The van der Waals surface area contributed by atoms with Crippen molar-refractivity contribution in [1.82, 2.24) is 14.9 Å². The van der Waals surface area contributed by atoms with Crippen molar-refractivity contribution in [2.45, 2.75) is 46.1 Å². The Labute approximate surface area is 199 Å². The van der Waals surface area contributed by atoms with Crippen LogP contribution in [0.5, 0.6) is 0 Å². The number of carbonyl (C=O) groups is 1. The van der Waals surface area contributed by atoms with Gasteiger partial charge in [-0.2, -0.15) is 0 Å². The van der Waals surface area contributed by atoms with E-state index in [9.17, 15) is 4.79 Å². The maximum Gasteiger partial charge on any atom is 0.223 e. The topological polar surface area (TPSA) is 59.4 Å². The molecule has 1 N–H and O–H groups in total. The minimum absolute atomic E-state index is 0.0435. The van der Waals surface area contributed by atoms with Gasteiger partial charge in [0.25, 0.3) is 0 Å². The number of hydrogen-bond donors (Lipinski definition) is 1. The number of benzene rings is 2. The van der Waals surface area contributed by atoms with Crippen molar-refractivity contribution in [2.24, 2.45) is 5.92 Å². The minimum Gasteiger partial charge on any atom is -0.379 e. The molecule has 3 heterocycles. The van der Waals surface area contributed by atoms with Crippen LogP contribution in [-0.4, -0.2) is 47.8 Å². The van der Waals surface area contributed by atoms with Gasteiger partial charge in [-0.05, 0) is 87.1 Å². The SMILES string of the molecule is Cc1cc2nc(N3CCC(C(=O)NC4CCOC4)CC3)n(-c3ccc(Cl)c(C)c3)c2cc1C. The Balaban J connectivity index is 1.44. The van der Waals surface area contributed by atoms with Crippen LogP contribution >= 0.6 is 11.6 Å². The zero-order valence-electron chi connectivity index (χ0n) is 19.5. The maximum absolute atomic E-state index is 12.8. The molecular weight excluding hydrogens is 436 g/mol. The summed E-state index contributed by atoms with van der Waals surface area (Å²) in [6, 6.07) is 10.7. The van der Waals surface area contributed by atoms with Crippen LogP contribution in [0.1, 0.15) is 36.0 Å². The molecule has 1 amide bonds. The zero-order chi connectivity index (χ0) is 23.1. The van der Waals surface area contributed by atoms with Crippen LogP contribution in [0.2, 0.25) is 5.02 Å². The fourth-order valence-corrected chi connectivity index (χ4v) is 4.98. The van der Waals surface area contributed by atoms with Gasteiger partial charge in [0.15, 0.2) is 0 Å².